The van der Waals surface area contributed by atoms with Crippen LogP contribution in [0.3, 0.4) is 0 Å². The van der Waals surface area contributed by atoms with Crippen LogP contribution < -0.4 is 5.32 Å². The van der Waals surface area contributed by atoms with E-state index in [0.29, 0.717) is 27.1 Å². The first-order valence-electron chi connectivity index (χ1n) is 9.51. The fourth-order valence-electron chi connectivity index (χ4n) is 3.46. The van der Waals surface area contributed by atoms with Gasteiger partial charge in [-0.25, -0.2) is 9.78 Å². The molecule has 164 valence electrons. The van der Waals surface area contributed by atoms with Crippen LogP contribution in [0, 0.1) is 6.92 Å². The first kappa shape index (κ1) is 23.6. The fraction of sp³-hybridized carbons (Fsp3) is 0.273. The normalized spacial score (nSPS) is 13.1. The Kier molecular flexibility index (Phi) is 7.64. The Morgan fingerprint density at radius 3 is 2.48 bits per heavy atom. The summed E-state index contributed by atoms with van der Waals surface area (Å²) in [6.45, 7) is 4.27. The Morgan fingerprint density at radius 1 is 1.23 bits per heavy atom. The standard InChI is InChI=1S/C22H22BrCl2N3O3/c1-12-4-7-16(25)10-17(12)26-18(14-5-8-15(24)9-6-14)20-19(21(29)30)27-22(23)28(20)13(2)11-31-3/h4-10,13,18,26H,11H2,1-3H3,(H,29,30)/t13-,18?/m0/s1. The Morgan fingerprint density at radius 2 is 1.87 bits per heavy atom. The van der Waals surface area contributed by atoms with Crippen LogP contribution >= 0.6 is 39.1 Å². The van der Waals surface area contributed by atoms with Gasteiger partial charge in [-0.1, -0.05) is 41.4 Å². The van der Waals surface area contributed by atoms with E-state index in [0.717, 1.165) is 16.8 Å². The molecule has 9 heteroatoms. The van der Waals surface area contributed by atoms with Crippen molar-refractivity contribution in [2.24, 2.45) is 0 Å². The lowest BCUT2D eigenvalue weighted by Crippen LogP contribution is -2.23. The van der Waals surface area contributed by atoms with Gasteiger partial charge in [-0.3, -0.25) is 0 Å². The number of aromatic nitrogens is 2. The number of aromatic carboxylic acids is 1. The van der Waals surface area contributed by atoms with Crippen LogP contribution in [-0.4, -0.2) is 34.3 Å². The van der Waals surface area contributed by atoms with Crippen LogP contribution in [0.4, 0.5) is 5.69 Å². The smallest absolute Gasteiger partial charge is 0.356 e. The summed E-state index contributed by atoms with van der Waals surface area (Å²) in [6.07, 6.45) is 0. The highest BCUT2D eigenvalue weighted by atomic mass is 79.9. The number of carbonyl (C=O) groups is 1. The molecule has 0 aliphatic rings. The zero-order chi connectivity index (χ0) is 22.7. The number of imidazole rings is 1. The number of carboxylic acid groups (broad SMARTS) is 1. The second kappa shape index (κ2) is 10.0. The quantitative estimate of drug-likeness (QED) is 0.356. The van der Waals surface area contributed by atoms with Crippen molar-refractivity contribution in [3.05, 3.63) is 79.8 Å². The highest BCUT2D eigenvalue weighted by Crippen LogP contribution is 2.35. The Hall–Kier alpha value is -2.06. The highest BCUT2D eigenvalue weighted by Gasteiger charge is 2.31. The molecule has 0 spiro atoms. The van der Waals surface area contributed by atoms with Crippen LogP contribution in [0.2, 0.25) is 10.0 Å². The van der Waals surface area contributed by atoms with Crippen molar-refractivity contribution in [1.82, 2.24) is 9.55 Å². The minimum atomic E-state index is -1.12. The number of carboxylic acids is 1. The molecule has 31 heavy (non-hydrogen) atoms. The van der Waals surface area contributed by atoms with Crippen molar-refractivity contribution < 1.29 is 14.6 Å². The van der Waals surface area contributed by atoms with Crippen LogP contribution in [0.1, 0.15) is 46.3 Å². The first-order chi connectivity index (χ1) is 14.7. The molecule has 0 bridgehead atoms. The van der Waals surface area contributed by atoms with Crippen molar-refractivity contribution in [1.29, 1.82) is 0 Å². The number of hydrogen-bond acceptors (Lipinski definition) is 4. The lowest BCUT2D eigenvalue weighted by molar-refractivity contribution is 0.0689. The average molecular weight is 527 g/mol. The summed E-state index contributed by atoms with van der Waals surface area (Å²) in [7, 11) is 1.60. The Balaban J connectivity index is 2.25. The molecule has 2 atom stereocenters. The van der Waals surface area contributed by atoms with E-state index in [1.54, 1.807) is 19.2 Å². The first-order valence-corrected chi connectivity index (χ1v) is 11.1. The second-order valence-electron chi connectivity index (χ2n) is 7.18. The monoisotopic (exact) mass is 525 g/mol. The SMILES string of the molecule is COC[C@H](C)n1c(Br)nc(C(=O)O)c1C(Nc1cc(Cl)ccc1C)c1ccc(Cl)cc1. The molecule has 0 saturated heterocycles. The van der Waals surface area contributed by atoms with E-state index in [9.17, 15) is 9.90 Å². The summed E-state index contributed by atoms with van der Waals surface area (Å²) in [6, 6.07) is 12.1. The number of nitrogens with zero attached hydrogens (tertiary/aromatic N) is 2. The Labute approximate surface area is 199 Å². The van der Waals surface area contributed by atoms with Gasteiger partial charge in [0.25, 0.3) is 0 Å². The molecule has 3 aromatic rings. The number of nitrogens with one attached hydrogen (secondary N) is 1. The largest absolute Gasteiger partial charge is 0.476 e. The molecular formula is C22H22BrCl2N3O3. The number of hydrogen-bond donors (Lipinski definition) is 2. The van der Waals surface area contributed by atoms with Crippen molar-refractivity contribution in [3.8, 4) is 0 Å². The third-order valence-electron chi connectivity index (χ3n) is 4.93. The summed E-state index contributed by atoms with van der Waals surface area (Å²) in [4.78, 5) is 16.4. The molecule has 1 heterocycles. The third kappa shape index (κ3) is 5.23. The minimum Gasteiger partial charge on any atom is -0.476 e. The predicted molar refractivity (Wildman–Crippen MR) is 127 cm³/mol. The predicted octanol–water partition coefficient (Wildman–Crippen LogP) is 6.37. The summed E-state index contributed by atoms with van der Waals surface area (Å²) in [5.74, 6) is -1.12. The maximum absolute atomic E-state index is 12.1. The molecule has 0 fully saturated rings. The number of aryl methyl sites for hydroxylation is 1. The number of anilines is 1. The van der Waals surface area contributed by atoms with Crippen LogP contribution in [0.5, 0.6) is 0 Å². The molecule has 3 rings (SSSR count). The van der Waals surface area contributed by atoms with E-state index in [2.05, 4.69) is 26.2 Å². The van der Waals surface area contributed by atoms with E-state index < -0.39 is 12.0 Å². The summed E-state index contributed by atoms with van der Waals surface area (Å²) >= 11 is 15.8. The van der Waals surface area contributed by atoms with E-state index >= 15 is 0 Å². The zero-order valence-electron chi connectivity index (χ0n) is 17.2. The van der Waals surface area contributed by atoms with Gasteiger partial charge in [-0.15, -0.1) is 0 Å². The molecule has 1 aromatic heterocycles. The lowest BCUT2D eigenvalue weighted by Gasteiger charge is -2.26. The van der Waals surface area contributed by atoms with Gasteiger partial charge >= 0.3 is 5.97 Å². The maximum Gasteiger partial charge on any atom is 0.356 e. The molecule has 0 amide bonds. The summed E-state index contributed by atoms with van der Waals surface area (Å²) in [5.41, 5.74) is 3.01. The Bertz CT molecular complexity index is 1090. The number of halogens is 3. The van der Waals surface area contributed by atoms with Gasteiger partial charge in [-0.2, -0.15) is 0 Å². The van der Waals surface area contributed by atoms with Crippen LogP contribution in [-0.2, 0) is 4.74 Å². The van der Waals surface area contributed by atoms with Crippen molar-refractivity contribution >= 4 is 50.8 Å². The fourth-order valence-corrected chi connectivity index (χ4v) is 4.47. The molecule has 0 radical (unpaired) electrons. The van der Waals surface area contributed by atoms with Crippen LogP contribution in [0.15, 0.2) is 47.2 Å². The minimum absolute atomic E-state index is 0.0537. The number of rotatable bonds is 8. The van der Waals surface area contributed by atoms with Gasteiger partial charge in [-0.05, 0) is 65.2 Å². The van der Waals surface area contributed by atoms with Crippen molar-refractivity contribution in [2.45, 2.75) is 25.9 Å². The van der Waals surface area contributed by atoms with Crippen molar-refractivity contribution in [3.63, 3.8) is 0 Å². The highest BCUT2D eigenvalue weighted by molar-refractivity contribution is 9.10. The van der Waals surface area contributed by atoms with Gasteiger partial charge < -0.3 is 19.7 Å². The molecule has 0 aliphatic carbocycles. The third-order valence-corrected chi connectivity index (χ3v) is 5.98. The maximum atomic E-state index is 12.1. The average Bonchev–Trinajstić information content (AvgIpc) is 3.07. The van der Waals surface area contributed by atoms with E-state index in [1.807, 2.05) is 48.7 Å². The molecule has 2 N–H and O–H groups in total. The number of methoxy groups -OCH3 is 1. The molecule has 0 aliphatic heterocycles. The van der Waals surface area contributed by atoms with Gasteiger partial charge in [0, 0.05) is 22.8 Å². The van der Waals surface area contributed by atoms with Crippen LogP contribution in [0.25, 0.3) is 0 Å². The van der Waals surface area contributed by atoms with Gasteiger partial charge in [0.05, 0.1) is 24.4 Å². The van der Waals surface area contributed by atoms with E-state index in [-0.39, 0.29) is 11.7 Å². The molecular weight excluding hydrogens is 505 g/mol. The number of ether oxygens (including phenoxy) is 1. The van der Waals surface area contributed by atoms with E-state index in [1.165, 1.54) is 0 Å². The molecule has 1 unspecified atom stereocenters. The van der Waals surface area contributed by atoms with Gasteiger partial charge in [0.1, 0.15) is 0 Å². The zero-order valence-corrected chi connectivity index (χ0v) is 20.3. The number of benzene rings is 2. The topological polar surface area (TPSA) is 76.4 Å². The lowest BCUT2D eigenvalue weighted by atomic mass is 10.00. The van der Waals surface area contributed by atoms with E-state index in [4.69, 9.17) is 27.9 Å². The van der Waals surface area contributed by atoms with Gasteiger partial charge in [0.2, 0.25) is 0 Å². The van der Waals surface area contributed by atoms with Gasteiger partial charge in [0.15, 0.2) is 10.4 Å². The summed E-state index contributed by atoms with van der Waals surface area (Å²) in [5, 5.41) is 14.6. The molecule has 0 saturated carbocycles. The molecule has 2 aromatic carbocycles. The van der Waals surface area contributed by atoms with Crippen molar-refractivity contribution in [2.75, 3.05) is 19.0 Å². The summed E-state index contributed by atoms with van der Waals surface area (Å²) < 4.78 is 7.56. The molecule has 6 nitrogen and oxygen atoms in total. The second-order valence-corrected chi connectivity index (χ2v) is 8.76.